The second kappa shape index (κ2) is 5.53. The van der Waals surface area contributed by atoms with Crippen molar-refractivity contribution in [2.45, 2.75) is 39.8 Å². The Morgan fingerprint density at radius 1 is 1.00 bits per heavy atom. The SMILES string of the molecule is CC(C)[C@@H](C)N[C@@H](C)c1ccc(Cl)cc1. The van der Waals surface area contributed by atoms with Crippen LogP contribution in [0.5, 0.6) is 0 Å². The fourth-order valence-electron chi connectivity index (χ4n) is 1.43. The number of rotatable bonds is 4. The molecule has 0 unspecified atom stereocenters. The minimum atomic E-state index is 0.375. The van der Waals surface area contributed by atoms with Crippen molar-refractivity contribution in [3.8, 4) is 0 Å². The van der Waals surface area contributed by atoms with E-state index in [-0.39, 0.29) is 0 Å². The lowest BCUT2D eigenvalue weighted by molar-refractivity contribution is 0.389. The summed E-state index contributed by atoms with van der Waals surface area (Å²) in [6.45, 7) is 8.86. The molecule has 0 spiro atoms. The van der Waals surface area contributed by atoms with E-state index in [0.717, 1.165) is 5.02 Å². The summed E-state index contributed by atoms with van der Waals surface area (Å²) >= 11 is 5.85. The maximum atomic E-state index is 5.85. The lowest BCUT2D eigenvalue weighted by Gasteiger charge is -2.23. The summed E-state index contributed by atoms with van der Waals surface area (Å²) in [5.74, 6) is 0.653. The van der Waals surface area contributed by atoms with Crippen LogP contribution in [0, 0.1) is 5.92 Å². The van der Waals surface area contributed by atoms with Gasteiger partial charge in [0, 0.05) is 17.1 Å². The van der Waals surface area contributed by atoms with Crippen molar-refractivity contribution in [2.75, 3.05) is 0 Å². The molecule has 2 atom stereocenters. The van der Waals surface area contributed by atoms with E-state index in [1.54, 1.807) is 0 Å². The van der Waals surface area contributed by atoms with Gasteiger partial charge in [0.1, 0.15) is 0 Å². The smallest absolute Gasteiger partial charge is 0.0406 e. The number of hydrogen-bond acceptors (Lipinski definition) is 1. The molecule has 1 nitrogen and oxygen atoms in total. The normalized spacial score (nSPS) is 15.3. The lowest BCUT2D eigenvalue weighted by atomic mass is 10.0. The van der Waals surface area contributed by atoms with Gasteiger partial charge < -0.3 is 5.32 Å². The zero-order chi connectivity index (χ0) is 11.4. The zero-order valence-electron chi connectivity index (χ0n) is 9.92. The summed E-state index contributed by atoms with van der Waals surface area (Å²) in [7, 11) is 0. The van der Waals surface area contributed by atoms with Crippen LogP contribution in [0.1, 0.15) is 39.3 Å². The first-order valence-electron chi connectivity index (χ1n) is 5.52. The lowest BCUT2D eigenvalue weighted by Crippen LogP contribution is -2.32. The molecule has 15 heavy (non-hydrogen) atoms. The molecule has 0 radical (unpaired) electrons. The molecule has 0 aliphatic rings. The molecule has 0 aliphatic heterocycles. The molecule has 1 N–H and O–H groups in total. The molecule has 0 fully saturated rings. The van der Waals surface area contributed by atoms with Gasteiger partial charge in [-0.2, -0.15) is 0 Å². The van der Waals surface area contributed by atoms with Crippen LogP contribution in [0.2, 0.25) is 5.02 Å². The summed E-state index contributed by atoms with van der Waals surface area (Å²) in [5.41, 5.74) is 1.28. The number of halogens is 1. The highest BCUT2D eigenvalue weighted by Gasteiger charge is 2.11. The Bertz CT molecular complexity index is 292. The summed E-state index contributed by atoms with van der Waals surface area (Å²) < 4.78 is 0. The number of hydrogen-bond donors (Lipinski definition) is 1. The highest BCUT2D eigenvalue weighted by atomic mass is 35.5. The third-order valence-corrected chi connectivity index (χ3v) is 3.13. The van der Waals surface area contributed by atoms with Crippen LogP contribution in [0.15, 0.2) is 24.3 Å². The molecule has 1 aromatic carbocycles. The van der Waals surface area contributed by atoms with E-state index >= 15 is 0 Å². The van der Waals surface area contributed by atoms with Crippen molar-refractivity contribution >= 4 is 11.6 Å². The van der Waals surface area contributed by atoms with Crippen molar-refractivity contribution in [1.29, 1.82) is 0 Å². The molecule has 0 saturated heterocycles. The summed E-state index contributed by atoms with van der Waals surface area (Å²) in [5, 5.41) is 4.37. The Morgan fingerprint density at radius 3 is 2.00 bits per heavy atom. The predicted molar refractivity (Wildman–Crippen MR) is 67.3 cm³/mol. The van der Waals surface area contributed by atoms with Gasteiger partial charge in [-0.25, -0.2) is 0 Å². The van der Waals surface area contributed by atoms with Crippen LogP contribution < -0.4 is 5.32 Å². The molecule has 84 valence electrons. The third-order valence-electron chi connectivity index (χ3n) is 2.88. The van der Waals surface area contributed by atoms with Gasteiger partial charge in [-0.3, -0.25) is 0 Å². The highest BCUT2D eigenvalue weighted by molar-refractivity contribution is 6.30. The van der Waals surface area contributed by atoms with Gasteiger partial charge in [-0.1, -0.05) is 37.6 Å². The van der Waals surface area contributed by atoms with Crippen LogP contribution in [0.3, 0.4) is 0 Å². The van der Waals surface area contributed by atoms with Crippen LogP contribution in [-0.2, 0) is 0 Å². The van der Waals surface area contributed by atoms with Gasteiger partial charge >= 0.3 is 0 Å². The van der Waals surface area contributed by atoms with E-state index < -0.39 is 0 Å². The average molecular weight is 226 g/mol. The Morgan fingerprint density at radius 2 is 1.53 bits per heavy atom. The van der Waals surface area contributed by atoms with Gasteiger partial charge in [0.25, 0.3) is 0 Å². The summed E-state index contributed by atoms with van der Waals surface area (Å²) in [6.07, 6.45) is 0. The van der Waals surface area contributed by atoms with Gasteiger partial charge in [0.05, 0.1) is 0 Å². The Balaban J connectivity index is 2.61. The van der Waals surface area contributed by atoms with Gasteiger partial charge in [0.15, 0.2) is 0 Å². The maximum absolute atomic E-state index is 5.85. The van der Waals surface area contributed by atoms with E-state index in [9.17, 15) is 0 Å². The quantitative estimate of drug-likeness (QED) is 0.816. The molecular formula is C13H20ClN. The topological polar surface area (TPSA) is 12.0 Å². The largest absolute Gasteiger partial charge is 0.307 e. The molecule has 1 rings (SSSR count). The van der Waals surface area contributed by atoms with E-state index in [4.69, 9.17) is 11.6 Å². The van der Waals surface area contributed by atoms with Crippen LogP contribution in [0.25, 0.3) is 0 Å². The summed E-state index contributed by atoms with van der Waals surface area (Å²) in [4.78, 5) is 0. The zero-order valence-corrected chi connectivity index (χ0v) is 10.7. The number of nitrogens with one attached hydrogen (secondary N) is 1. The monoisotopic (exact) mass is 225 g/mol. The molecule has 0 aromatic heterocycles. The second-order valence-electron chi connectivity index (χ2n) is 4.47. The average Bonchev–Trinajstić information content (AvgIpc) is 2.18. The molecule has 0 aliphatic carbocycles. The minimum absolute atomic E-state index is 0.375. The van der Waals surface area contributed by atoms with E-state index in [1.807, 2.05) is 12.1 Å². The van der Waals surface area contributed by atoms with Crippen LogP contribution in [-0.4, -0.2) is 6.04 Å². The Hall–Kier alpha value is -0.530. The Kier molecular flexibility index (Phi) is 4.62. The standard InChI is InChI=1S/C13H20ClN/c1-9(2)10(3)15-11(4)12-5-7-13(14)8-6-12/h5-11,15H,1-4H3/t10-,11+/m1/s1. The van der Waals surface area contributed by atoms with E-state index in [0.29, 0.717) is 18.0 Å². The fraction of sp³-hybridized carbons (Fsp3) is 0.538. The van der Waals surface area contributed by atoms with Crippen LogP contribution >= 0.6 is 11.6 Å². The Labute approximate surface area is 97.8 Å². The molecule has 0 amide bonds. The molecule has 1 aromatic rings. The third kappa shape index (κ3) is 3.84. The first kappa shape index (κ1) is 12.5. The van der Waals surface area contributed by atoms with Gasteiger partial charge in [-0.05, 0) is 37.5 Å². The maximum Gasteiger partial charge on any atom is 0.0406 e. The molecule has 0 bridgehead atoms. The van der Waals surface area contributed by atoms with Crippen molar-refractivity contribution in [1.82, 2.24) is 5.32 Å². The van der Waals surface area contributed by atoms with Gasteiger partial charge in [0.2, 0.25) is 0 Å². The van der Waals surface area contributed by atoms with E-state index in [2.05, 4.69) is 45.1 Å². The second-order valence-corrected chi connectivity index (χ2v) is 4.91. The molecule has 0 saturated carbocycles. The molecule has 2 heteroatoms. The van der Waals surface area contributed by atoms with Crippen LogP contribution in [0.4, 0.5) is 0 Å². The molecule has 0 heterocycles. The van der Waals surface area contributed by atoms with Crippen molar-refractivity contribution in [2.24, 2.45) is 5.92 Å². The summed E-state index contributed by atoms with van der Waals surface area (Å²) in [6, 6.07) is 8.93. The van der Waals surface area contributed by atoms with Crippen molar-refractivity contribution < 1.29 is 0 Å². The predicted octanol–water partition coefficient (Wildman–Crippen LogP) is 4.04. The first-order valence-corrected chi connectivity index (χ1v) is 5.90. The van der Waals surface area contributed by atoms with Gasteiger partial charge in [-0.15, -0.1) is 0 Å². The first-order chi connectivity index (χ1) is 7.00. The minimum Gasteiger partial charge on any atom is -0.307 e. The fourth-order valence-corrected chi connectivity index (χ4v) is 1.56. The van der Waals surface area contributed by atoms with Crippen molar-refractivity contribution in [3.05, 3.63) is 34.9 Å². The molecular weight excluding hydrogens is 206 g/mol. The number of benzene rings is 1. The van der Waals surface area contributed by atoms with E-state index in [1.165, 1.54) is 5.56 Å². The van der Waals surface area contributed by atoms with Crippen molar-refractivity contribution in [3.63, 3.8) is 0 Å². The highest BCUT2D eigenvalue weighted by Crippen LogP contribution is 2.17.